The average molecular weight is 567 g/mol. The van der Waals surface area contributed by atoms with Crippen molar-refractivity contribution in [2.24, 2.45) is 0 Å². The van der Waals surface area contributed by atoms with E-state index in [4.69, 9.17) is 9.47 Å². The lowest BCUT2D eigenvalue weighted by atomic mass is 9.95. The average Bonchev–Trinajstić information content (AvgIpc) is 3.53. The van der Waals surface area contributed by atoms with Gasteiger partial charge in [0.15, 0.2) is 5.13 Å². The minimum absolute atomic E-state index is 0.0918. The molecule has 0 saturated carbocycles. The van der Waals surface area contributed by atoms with Crippen LogP contribution in [0.15, 0.2) is 103 Å². The number of nitrogens with zero attached hydrogens (tertiary/aromatic N) is 2. The molecule has 41 heavy (non-hydrogen) atoms. The minimum atomic E-state index is -1.01. The van der Waals surface area contributed by atoms with E-state index in [9.17, 15) is 19.1 Å². The van der Waals surface area contributed by atoms with Gasteiger partial charge in [-0.2, -0.15) is 0 Å². The first-order valence-electron chi connectivity index (χ1n) is 12.7. The number of aromatic nitrogens is 1. The molecular formula is C32H23FN2O5S. The van der Waals surface area contributed by atoms with E-state index in [1.165, 1.54) is 30.2 Å². The van der Waals surface area contributed by atoms with Gasteiger partial charge in [0.05, 0.1) is 28.9 Å². The van der Waals surface area contributed by atoms with Crippen LogP contribution in [0.1, 0.15) is 22.7 Å². The van der Waals surface area contributed by atoms with Crippen LogP contribution in [0.5, 0.6) is 11.5 Å². The number of halogens is 1. The van der Waals surface area contributed by atoms with Crippen LogP contribution in [0.3, 0.4) is 0 Å². The summed E-state index contributed by atoms with van der Waals surface area (Å²) in [6.07, 6.45) is 0. The summed E-state index contributed by atoms with van der Waals surface area (Å²) >= 11 is 1.09. The van der Waals surface area contributed by atoms with E-state index in [0.29, 0.717) is 39.4 Å². The molecule has 4 aromatic carbocycles. The first-order valence-corrected chi connectivity index (χ1v) is 13.5. The number of fused-ring (bicyclic) bond motifs is 1. The Balaban J connectivity index is 1.47. The Kier molecular flexibility index (Phi) is 6.94. The zero-order chi connectivity index (χ0) is 28.5. The number of carbonyl (C=O) groups is 2. The summed E-state index contributed by atoms with van der Waals surface area (Å²) < 4.78 is 25.7. The van der Waals surface area contributed by atoms with Crippen LogP contribution in [0.4, 0.5) is 9.52 Å². The first kappa shape index (κ1) is 26.2. The SMILES string of the molecule is COc1ccc(/C(O)=C2\C(=O)C(=O)N(c3nc4ccc(F)cc4s3)C2c2cccc(OCc3ccccc3)c2)cc1. The normalized spacial score (nSPS) is 16.3. The lowest BCUT2D eigenvalue weighted by Crippen LogP contribution is -2.29. The van der Waals surface area contributed by atoms with Crippen LogP contribution < -0.4 is 14.4 Å². The smallest absolute Gasteiger partial charge is 0.301 e. The highest BCUT2D eigenvalue weighted by Gasteiger charge is 2.48. The maximum Gasteiger partial charge on any atom is 0.301 e. The second kappa shape index (κ2) is 10.9. The van der Waals surface area contributed by atoms with Crippen molar-refractivity contribution in [2.45, 2.75) is 12.6 Å². The number of rotatable bonds is 7. The Hall–Kier alpha value is -5.02. The van der Waals surface area contributed by atoms with Gasteiger partial charge in [0.25, 0.3) is 5.78 Å². The lowest BCUT2D eigenvalue weighted by molar-refractivity contribution is -0.132. The molecule has 204 valence electrons. The monoisotopic (exact) mass is 566 g/mol. The van der Waals surface area contributed by atoms with E-state index in [2.05, 4.69) is 4.98 Å². The van der Waals surface area contributed by atoms with Gasteiger partial charge in [-0.05, 0) is 65.7 Å². The summed E-state index contributed by atoms with van der Waals surface area (Å²) in [5.74, 6) is -1.38. The van der Waals surface area contributed by atoms with Gasteiger partial charge in [0.1, 0.15) is 29.7 Å². The molecule has 7 nitrogen and oxygen atoms in total. The number of thiazole rings is 1. The maximum absolute atomic E-state index is 13.9. The molecule has 1 saturated heterocycles. The van der Waals surface area contributed by atoms with Gasteiger partial charge in [-0.1, -0.05) is 53.8 Å². The summed E-state index contributed by atoms with van der Waals surface area (Å²) in [4.78, 5) is 32.9. The van der Waals surface area contributed by atoms with Crippen molar-refractivity contribution < 1.29 is 28.6 Å². The third-order valence-corrected chi connectivity index (χ3v) is 7.79. The first-order chi connectivity index (χ1) is 19.9. The fourth-order valence-corrected chi connectivity index (χ4v) is 5.77. The molecule has 1 aliphatic heterocycles. The Morgan fingerprint density at radius 2 is 1.73 bits per heavy atom. The molecule has 1 aromatic heterocycles. The molecule has 1 N–H and O–H groups in total. The highest BCUT2D eigenvalue weighted by atomic mass is 32.1. The summed E-state index contributed by atoms with van der Waals surface area (Å²) in [7, 11) is 1.52. The Morgan fingerprint density at radius 3 is 2.49 bits per heavy atom. The molecule has 1 amide bonds. The summed E-state index contributed by atoms with van der Waals surface area (Å²) in [5.41, 5.74) is 2.25. The van der Waals surface area contributed by atoms with Crippen molar-refractivity contribution in [3.8, 4) is 11.5 Å². The fourth-order valence-electron chi connectivity index (χ4n) is 4.75. The van der Waals surface area contributed by atoms with Crippen LogP contribution in [0.25, 0.3) is 16.0 Å². The number of aliphatic hydroxyl groups excluding tert-OH is 1. The number of hydrogen-bond donors (Lipinski definition) is 1. The molecule has 0 bridgehead atoms. The van der Waals surface area contributed by atoms with Crippen LogP contribution >= 0.6 is 11.3 Å². The topological polar surface area (TPSA) is 89.0 Å². The second-order valence-corrected chi connectivity index (χ2v) is 10.4. The highest BCUT2D eigenvalue weighted by molar-refractivity contribution is 7.22. The zero-order valence-electron chi connectivity index (χ0n) is 21.8. The molecule has 1 atom stereocenters. The number of carbonyl (C=O) groups excluding carboxylic acids is 2. The number of aliphatic hydroxyl groups is 1. The standard InChI is InChI=1S/C32H23FN2O5S/c1-39-23-13-10-20(11-14-23)29(36)27-28(21-8-5-9-24(16-21)40-18-19-6-3-2-4-7-19)35(31(38)30(27)37)32-34-25-15-12-22(33)17-26(25)41-32/h2-17,28,36H,18H2,1H3/b29-27+. The van der Waals surface area contributed by atoms with Crippen molar-refractivity contribution in [2.75, 3.05) is 12.0 Å². The number of hydrogen-bond acceptors (Lipinski definition) is 7. The number of benzene rings is 4. The van der Waals surface area contributed by atoms with E-state index >= 15 is 0 Å². The summed E-state index contributed by atoms with van der Waals surface area (Å²) in [6.45, 7) is 0.319. The fraction of sp³-hybridized carbons (Fsp3) is 0.0938. The van der Waals surface area contributed by atoms with Gasteiger partial charge in [0, 0.05) is 5.56 Å². The molecule has 2 heterocycles. The van der Waals surface area contributed by atoms with Gasteiger partial charge in [-0.25, -0.2) is 9.37 Å². The Labute approximate surface area is 238 Å². The number of amides is 1. The summed E-state index contributed by atoms with van der Waals surface area (Å²) in [6, 6.07) is 26.3. The quantitative estimate of drug-likeness (QED) is 0.135. The number of methoxy groups -OCH3 is 1. The third kappa shape index (κ3) is 5.03. The van der Waals surface area contributed by atoms with Crippen molar-refractivity contribution >= 4 is 44.1 Å². The van der Waals surface area contributed by atoms with Gasteiger partial charge >= 0.3 is 5.91 Å². The van der Waals surface area contributed by atoms with Crippen molar-refractivity contribution in [1.29, 1.82) is 0 Å². The summed E-state index contributed by atoms with van der Waals surface area (Å²) in [5, 5.41) is 11.6. The molecule has 1 fully saturated rings. The second-order valence-electron chi connectivity index (χ2n) is 9.35. The predicted molar refractivity (Wildman–Crippen MR) is 155 cm³/mol. The van der Waals surface area contributed by atoms with Crippen LogP contribution in [0.2, 0.25) is 0 Å². The lowest BCUT2D eigenvalue weighted by Gasteiger charge is -2.23. The van der Waals surface area contributed by atoms with Gasteiger partial charge in [0.2, 0.25) is 0 Å². The molecule has 9 heteroatoms. The number of ketones is 1. The zero-order valence-corrected chi connectivity index (χ0v) is 22.6. The van der Waals surface area contributed by atoms with Crippen molar-refractivity contribution in [3.05, 3.63) is 125 Å². The van der Waals surface area contributed by atoms with E-state index in [-0.39, 0.29) is 16.5 Å². The van der Waals surface area contributed by atoms with Crippen LogP contribution in [-0.4, -0.2) is 28.9 Å². The largest absolute Gasteiger partial charge is 0.507 e. The van der Waals surface area contributed by atoms with Crippen molar-refractivity contribution in [3.63, 3.8) is 0 Å². The van der Waals surface area contributed by atoms with Crippen LogP contribution in [-0.2, 0) is 16.2 Å². The molecular weight excluding hydrogens is 543 g/mol. The molecule has 0 aliphatic carbocycles. The van der Waals surface area contributed by atoms with Gasteiger partial charge in [-0.3, -0.25) is 14.5 Å². The minimum Gasteiger partial charge on any atom is -0.507 e. The van der Waals surface area contributed by atoms with Crippen LogP contribution in [0, 0.1) is 5.82 Å². The van der Waals surface area contributed by atoms with Gasteiger partial charge in [-0.15, -0.1) is 0 Å². The Morgan fingerprint density at radius 1 is 0.951 bits per heavy atom. The van der Waals surface area contributed by atoms with Gasteiger partial charge < -0.3 is 14.6 Å². The molecule has 5 aromatic rings. The molecule has 1 unspecified atom stereocenters. The third-order valence-electron chi connectivity index (χ3n) is 6.78. The van der Waals surface area contributed by atoms with E-state index in [1.807, 2.05) is 30.3 Å². The van der Waals surface area contributed by atoms with E-state index < -0.39 is 23.5 Å². The molecule has 0 spiro atoms. The number of anilines is 1. The number of ether oxygens (including phenoxy) is 2. The van der Waals surface area contributed by atoms with E-state index in [0.717, 1.165) is 16.9 Å². The predicted octanol–water partition coefficient (Wildman–Crippen LogP) is 6.65. The molecule has 0 radical (unpaired) electrons. The number of Topliss-reactive ketones (excluding diaryl/α,β-unsaturated/α-hetero) is 1. The molecule has 1 aliphatic rings. The van der Waals surface area contributed by atoms with Crippen molar-refractivity contribution in [1.82, 2.24) is 4.98 Å². The highest BCUT2D eigenvalue weighted by Crippen LogP contribution is 2.45. The molecule has 6 rings (SSSR count). The Bertz CT molecular complexity index is 1800. The maximum atomic E-state index is 13.9. The van der Waals surface area contributed by atoms with E-state index in [1.54, 1.807) is 48.5 Å².